The number of carbonyl (C=O) groups is 1. The van der Waals surface area contributed by atoms with Gasteiger partial charge in [0.05, 0.1) is 0 Å². The molecule has 0 aliphatic heterocycles. The predicted molar refractivity (Wildman–Crippen MR) is 93.5 cm³/mol. The maximum atomic E-state index is 11.0. The van der Waals surface area contributed by atoms with Crippen LogP contribution in [0.3, 0.4) is 0 Å². The number of nitriles is 1. The molecule has 24 heavy (non-hydrogen) atoms. The van der Waals surface area contributed by atoms with Crippen LogP contribution in [0.1, 0.15) is 11.1 Å². The SMILES string of the molecule is N#CC(=Cc1cc(Cl)ccc1OCc1ccc(Cl)cc1Cl)C(=O)O. The molecule has 0 heterocycles. The van der Waals surface area contributed by atoms with Crippen LogP contribution in [0.15, 0.2) is 42.0 Å². The summed E-state index contributed by atoms with van der Waals surface area (Å²) < 4.78 is 5.69. The normalized spacial score (nSPS) is 11.0. The summed E-state index contributed by atoms with van der Waals surface area (Å²) in [5.41, 5.74) is 0.669. The molecule has 0 saturated carbocycles. The van der Waals surface area contributed by atoms with Crippen LogP contribution in [0, 0.1) is 11.3 Å². The van der Waals surface area contributed by atoms with Gasteiger partial charge in [0.1, 0.15) is 24.0 Å². The largest absolute Gasteiger partial charge is 0.488 e. The van der Waals surface area contributed by atoms with Crippen molar-refractivity contribution in [3.05, 3.63) is 68.2 Å². The lowest BCUT2D eigenvalue weighted by atomic mass is 10.1. The Labute approximate surface area is 153 Å². The van der Waals surface area contributed by atoms with Gasteiger partial charge in [-0.05, 0) is 36.4 Å². The van der Waals surface area contributed by atoms with E-state index in [0.29, 0.717) is 31.9 Å². The Morgan fingerprint density at radius 3 is 2.46 bits per heavy atom. The van der Waals surface area contributed by atoms with Gasteiger partial charge in [0.15, 0.2) is 0 Å². The highest BCUT2D eigenvalue weighted by Crippen LogP contribution is 2.28. The smallest absolute Gasteiger partial charge is 0.346 e. The lowest BCUT2D eigenvalue weighted by Crippen LogP contribution is -2.00. The highest BCUT2D eigenvalue weighted by atomic mass is 35.5. The third kappa shape index (κ3) is 4.65. The minimum Gasteiger partial charge on any atom is -0.488 e. The molecule has 0 bridgehead atoms. The van der Waals surface area contributed by atoms with E-state index >= 15 is 0 Å². The number of aliphatic carboxylic acids is 1. The first-order valence-corrected chi connectivity index (χ1v) is 7.75. The summed E-state index contributed by atoms with van der Waals surface area (Å²) in [6.45, 7) is 0.146. The number of hydrogen-bond acceptors (Lipinski definition) is 3. The molecular formula is C17H10Cl3NO3. The van der Waals surface area contributed by atoms with Gasteiger partial charge in [0.2, 0.25) is 0 Å². The van der Waals surface area contributed by atoms with Crippen LogP contribution in [0.5, 0.6) is 5.75 Å². The highest BCUT2D eigenvalue weighted by molar-refractivity contribution is 6.35. The molecule has 0 unspecified atom stereocenters. The van der Waals surface area contributed by atoms with Crippen molar-refractivity contribution in [3.63, 3.8) is 0 Å². The fraction of sp³-hybridized carbons (Fsp3) is 0.0588. The third-order valence-electron chi connectivity index (χ3n) is 3.02. The summed E-state index contributed by atoms with van der Waals surface area (Å²) in [7, 11) is 0. The molecule has 0 aromatic heterocycles. The summed E-state index contributed by atoms with van der Waals surface area (Å²) in [6.07, 6.45) is 1.20. The second-order valence-corrected chi connectivity index (χ2v) is 5.96. The topological polar surface area (TPSA) is 70.3 Å². The van der Waals surface area contributed by atoms with Gasteiger partial charge in [0.25, 0.3) is 0 Å². The average molecular weight is 383 g/mol. The van der Waals surface area contributed by atoms with Crippen LogP contribution in [-0.2, 0) is 11.4 Å². The Morgan fingerprint density at radius 2 is 1.83 bits per heavy atom. The van der Waals surface area contributed by atoms with E-state index in [1.165, 1.54) is 12.1 Å². The van der Waals surface area contributed by atoms with Crippen LogP contribution >= 0.6 is 34.8 Å². The Bertz CT molecular complexity index is 857. The van der Waals surface area contributed by atoms with E-state index in [1.807, 2.05) is 0 Å². The quantitative estimate of drug-likeness (QED) is 0.568. The summed E-state index contributed by atoms with van der Waals surface area (Å²) >= 11 is 17.9. The van der Waals surface area contributed by atoms with Gasteiger partial charge in [0, 0.05) is 26.2 Å². The van der Waals surface area contributed by atoms with E-state index in [1.54, 1.807) is 36.4 Å². The molecule has 2 rings (SSSR count). The second kappa shape index (κ2) is 8.07. The summed E-state index contributed by atoms with van der Waals surface area (Å²) in [5.74, 6) is -0.955. The number of nitrogens with zero attached hydrogens (tertiary/aromatic N) is 1. The molecule has 0 amide bonds. The van der Waals surface area contributed by atoms with Gasteiger partial charge in [-0.15, -0.1) is 0 Å². The molecular weight excluding hydrogens is 373 g/mol. The Hall–Kier alpha value is -2.19. The van der Waals surface area contributed by atoms with Gasteiger partial charge in [-0.1, -0.05) is 40.9 Å². The molecule has 7 heteroatoms. The van der Waals surface area contributed by atoms with Crippen molar-refractivity contribution in [2.75, 3.05) is 0 Å². The number of ether oxygens (including phenoxy) is 1. The highest BCUT2D eigenvalue weighted by Gasteiger charge is 2.10. The van der Waals surface area contributed by atoms with Crippen LogP contribution < -0.4 is 4.74 Å². The van der Waals surface area contributed by atoms with E-state index in [2.05, 4.69) is 0 Å². The number of benzene rings is 2. The lowest BCUT2D eigenvalue weighted by Gasteiger charge is -2.11. The Balaban J connectivity index is 2.31. The number of rotatable bonds is 5. The minimum atomic E-state index is -1.33. The molecule has 122 valence electrons. The first-order chi connectivity index (χ1) is 11.4. The number of carboxylic acid groups (broad SMARTS) is 1. The maximum absolute atomic E-state index is 11.0. The van der Waals surface area contributed by atoms with Gasteiger partial charge in [-0.3, -0.25) is 0 Å². The number of hydrogen-bond donors (Lipinski definition) is 1. The van der Waals surface area contributed by atoms with Gasteiger partial charge in [-0.2, -0.15) is 5.26 Å². The van der Waals surface area contributed by atoms with E-state index < -0.39 is 11.5 Å². The van der Waals surface area contributed by atoms with Crippen molar-refractivity contribution in [1.82, 2.24) is 0 Å². The Morgan fingerprint density at radius 1 is 1.17 bits per heavy atom. The summed E-state index contributed by atoms with van der Waals surface area (Å²) in [6, 6.07) is 11.3. The molecule has 0 aliphatic rings. The number of carboxylic acids is 1. The minimum absolute atomic E-state index is 0.146. The van der Waals surface area contributed by atoms with Crippen LogP contribution in [0.25, 0.3) is 6.08 Å². The first kappa shape index (κ1) is 18.2. The van der Waals surface area contributed by atoms with Crippen molar-refractivity contribution >= 4 is 46.8 Å². The zero-order valence-corrected chi connectivity index (χ0v) is 14.4. The molecule has 2 aromatic rings. The van der Waals surface area contributed by atoms with E-state index in [0.717, 1.165) is 0 Å². The van der Waals surface area contributed by atoms with Crippen molar-refractivity contribution in [2.45, 2.75) is 6.61 Å². The zero-order chi connectivity index (χ0) is 17.7. The maximum Gasteiger partial charge on any atom is 0.346 e. The number of halogens is 3. The first-order valence-electron chi connectivity index (χ1n) is 6.62. The van der Waals surface area contributed by atoms with Crippen LogP contribution in [0.2, 0.25) is 15.1 Å². The molecule has 1 N–H and O–H groups in total. The van der Waals surface area contributed by atoms with E-state index in [-0.39, 0.29) is 6.61 Å². The van der Waals surface area contributed by atoms with Crippen molar-refractivity contribution in [3.8, 4) is 11.8 Å². The molecule has 0 atom stereocenters. The standard InChI is InChI=1S/C17H10Cl3NO3/c18-13-3-4-16(11(6-13)5-12(8-21)17(22)23)24-9-10-1-2-14(19)7-15(10)20/h1-7H,9H2,(H,22,23). The monoisotopic (exact) mass is 381 g/mol. The molecule has 2 aromatic carbocycles. The lowest BCUT2D eigenvalue weighted by molar-refractivity contribution is -0.132. The van der Waals surface area contributed by atoms with Gasteiger partial charge < -0.3 is 9.84 Å². The molecule has 0 radical (unpaired) electrons. The molecule has 0 fully saturated rings. The van der Waals surface area contributed by atoms with E-state index in [4.69, 9.17) is 49.9 Å². The zero-order valence-electron chi connectivity index (χ0n) is 12.1. The molecule has 0 saturated heterocycles. The summed E-state index contributed by atoms with van der Waals surface area (Å²) in [5, 5.41) is 19.2. The average Bonchev–Trinajstić information content (AvgIpc) is 2.52. The second-order valence-electron chi connectivity index (χ2n) is 4.68. The third-order valence-corrected chi connectivity index (χ3v) is 3.84. The molecule has 4 nitrogen and oxygen atoms in total. The van der Waals surface area contributed by atoms with Gasteiger partial charge >= 0.3 is 5.97 Å². The Kier molecular flexibility index (Phi) is 6.10. The van der Waals surface area contributed by atoms with Crippen LogP contribution in [-0.4, -0.2) is 11.1 Å². The fourth-order valence-corrected chi connectivity index (χ4v) is 2.50. The summed E-state index contributed by atoms with van der Waals surface area (Å²) in [4.78, 5) is 11.0. The predicted octanol–water partition coefficient (Wildman–Crippen LogP) is 5.22. The van der Waals surface area contributed by atoms with Crippen LogP contribution in [0.4, 0.5) is 0 Å². The fourth-order valence-electron chi connectivity index (χ4n) is 1.86. The van der Waals surface area contributed by atoms with Crippen molar-refractivity contribution in [1.29, 1.82) is 5.26 Å². The van der Waals surface area contributed by atoms with Gasteiger partial charge in [-0.25, -0.2) is 4.79 Å². The van der Waals surface area contributed by atoms with Crippen molar-refractivity contribution in [2.24, 2.45) is 0 Å². The molecule has 0 spiro atoms. The van der Waals surface area contributed by atoms with Crippen molar-refractivity contribution < 1.29 is 14.6 Å². The van der Waals surface area contributed by atoms with E-state index in [9.17, 15) is 4.79 Å². The molecule has 0 aliphatic carbocycles.